The van der Waals surface area contributed by atoms with Gasteiger partial charge in [-0.05, 0) is 30.7 Å². The van der Waals surface area contributed by atoms with Gasteiger partial charge in [-0.25, -0.2) is 0 Å². The van der Waals surface area contributed by atoms with Crippen molar-refractivity contribution >= 4 is 0 Å². The Hall–Kier alpha value is -2.42. The molecule has 0 N–H and O–H groups in total. The van der Waals surface area contributed by atoms with Gasteiger partial charge < -0.3 is 9.47 Å². The fourth-order valence-electron chi connectivity index (χ4n) is 3.06. The van der Waals surface area contributed by atoms with E-state index in [1.165, 1.54) is 6.07 Å². The normalized spacial score (nSPS) is 23.1. The largest absolute Gasteiger partial charge is 0.382 e. The average molecular weight is 310 g/mol. The zero-order valence-corrected chi connectivity index (χ0v) is 13.2. The van der Waals surface area contributed by atoms with E-state index in [1.54, 1.807) is 42.1 Å². The first-order valence-electron chi connectivity index (χ1n) is 7.43. The predicted molar refractivity (Wildman–Crippen MR) is 85.1 cm³/mol. The van der Waals surface area contributed by atoms with E-state index in [4.69, 9.17) is 14.7 Å². The number of hydrogen-bond acceptors (Lipinski definition) is 4. The molecule has 5 heteroatoms. The molecule has 0 radical (unpaired) electrons. The van der Waals surface area contributed by atoms with Gasteiger partial charge in [0.1, 0.15) is 0 Å². The van der Waals surface area contributed by atoms with Gasteiger partial charge in [0, 0.05) is 31.4 Å². The fourth-order valence-corrected chi connectivity index (χ4v) is 3.06. The molecule has 2 heterocycles. The quantitative estimate of drug-likeness (QED) is 0.872. The number of methoxy groups -OCH3 is 1. The highest BCUT2D eigenvalue weighted by Gasteiger charge is 2.37. The minimum atomic E-state index is -0.569. The number of benzene rings is 1. The lowest BCUT2D eigenvalue weighted by Crippen LogP contribution is -2.44. The van der Waals surface area contributed by atoms with Gasteiger partial charge in [0.2, 0.25) is 0 Å². The summed E-state index contributed by atoms with van der Waals surface area (Å²) in [5.74, 6) is 0. The first-order valence-corrected chi connectivity index (χ1v) is 7.43. The van der Waals surface area contributed by atoms with Crippen molar-refractivity contribution in [3.05, 3.63) is 69.6 Å². The molecule has 1 aromatic carbocycles. The summed E-state index contributed by atoms with van der Waals surface area (Å²) in [6.45, 7) is 2.39. The van der Waals surface area contributed by atoms with Crippen LogP contribution in [-0.2, 0) is 15.9 Å². The Balaban J connectivity index is 2.16. The number of aromatic nitrogens is 1. The van der Waals surface area contributed by atoms with Gasteiger partial charge in [-0.2, -0.15) is 5.26 Å². The molecule has 118 valence electrons. The van der Waals surface area contributed by atoms with Gasteiger partial charge in [-0.15, -0.1) is 0 Å². The van der Waals surface area contributed by atoms with Crippen LogP contribution in [0, 0.1) is 11.3 Å². The minimum Gasteiger partial charge on any atom is -0.382 e. The molecule has 1 aliphatic rings. The van der Waals surface area contributed by atoms with Gasteiger partial charge in [-0.1, -0.05) is 12.1 Å². The van der Waals surface area contributed by atoms with Gasteiger partial charge in [0.25, 0.3) is 5.56 Å². The number of nitriles is 1. The maximum Gasteiger partial charge on any atom is 0.252 e. The number of ether oxygens (including phenoxy) is 2. The lowest BCUT2D eigenvalue weighted by atomic mass is 9.88. The molecule has 0 saturated carbocycles. The highest BCUT2D eigenvalue weighted by molar-refractivity contribution is 5.41. The molecule has 3 rings (SSSR count). The van der Waals surface area contributed by atoms with Crippen LogP contribution in [0.5, 0.6) is 0 Å². The molecule has 5 nitrogen and oxygen atoms in total. The average Bonchev–Trinajstić information content (AvgIpc) is 2.54. The van der Waals surface area contributed by atoms with Crippen LogP contribution in [0.15, 0.2) is 47.4 Å². The molecule has 0 aliphatic carbocycles. The standard InChI is InChI=1S/C18H18N2O3/c1-18(12-22-2)10-14-7-6-13(11-19)9-15(14)17(23-18)20-8-4-3-5-16(20)21/h3-9,17H,10,12H2,1-2H3. The van der Waals surface area contributed by atoms with Gasteiger partial charge in [0.15, 0.2) is 6.23 Å². The minimum absolute atomic E-state index is 0.146. The van der Waals surface area contributed by atoms with Crippen molar-refractivity contribution in [2.24, 2.45) is 0 Å². The van der Waals surface area contributed by atoms with Crippen molar-refractivity contribution in [3.8, 4) is 6.07 Å². The zero-order chi connectivity index (χ0) is 16.4. The zero-order valence-electron chi connectivity index (χ0n) is 13.2. The monoisotopic (exact) mass is 310 g/mol. The summed E-state index contributed by atoms with van der Waals surface area (Å²) in [4.78, 5) is 12.2. The van der Waals surface area contributed by atoms with Crippen LogP contribution in [0.25, 0.3) is 0 Å². The number of fused-ring (bicyclic) bond motifs is 1. The van der Waals surface area contributed by atoms with Gasteiger partial charge >= 0.3 is 0 Å². The molecule has 2 atom stereocenters. The number of hydrogen-bond donors (Lipinski definition) is 0. The highest BCUT2D eigenvalue weighted by atomic mass is 16.6. The summed E-state index contributed by atoms with van der Waals surface area (Å²) < 4.78 is 13.1. The molecule has 0 amide bonds. The second-order valence-electron chi connectivity index (χ2n) is 6.00. The van der Waals surface area contributed by atoms with E-state index in [2.05, 4.69) is 6.07 Å². The Labute approximate surface area is 134 Å². The molecule has 0 bridgehead atoms. The van der Waals surface area contributed by atoms with Crippen molar-refractivity contribution in [3.63, 3.8) is 0 Å². The van der Waals surface area contributed by atoms with Crippen LogP contribution in [0.1, 0.15) is 29.8 Å². The number of pyridine rings is 1. The topological polar surface area (TPSA) is 64.2 Å². The first-order chi connectivity index (χ1) is 11.1. The Morgan fingerprint density at radius 3 is 2.96 bits per heavy atom. The number of nitrogens with zero attached hydrogens (tertiary/aromatic N) is 2. The third-order valence-corrected chi connectivity index (χ3v) is 4.05. The summed E-state index contributed by atoms with van der Waals surface area (Å²) in [6, 6.07) is 12.7. The van der Waals surface area contributed by atoms with E-state index >= 15 is 0 Å². The Kier molecular flexibility index (Phi) is 4.03. The van der Waals surface area contributed by atoms with Crippen molar-refractivity contribution < 1.29 is 9.47 Å². The Morgan fingerprint density at radius 1 is 1.43 bits per heavy atom. The smallest absolute Gasteiger partial charge is 0.252 e. The van der Waals surface area contributed by atoms with E-state index < -0.39 is 11.8 Å². The molecule has 2 aromatic rings. The Bertz CT molecular complexity index is 822. The van der Waals surface area contributed by atoms with Crippen LogP contribution in [0.4, 0.5) is 0 Å². The van der Waals surface area contributed by atoms with Gasteiger partial charge in [0.05, 0.1) is 23.8 Å². The summed E-state index contributed by atoms with van der Waals surface area (Å²) in [5.41, 5.74) is 1.79. The van der Waals surface area contributed by atoms with Gasteiger partial charge in [-0.3, -0.25) is 9.36 Å². The van der Waals surface area contributed by atoms with Crippen molar-refractivity contribution in [1.82, 2.24) is 4.57 Å². The summed E-state index contributed by atoms with van der Waals surface area (Å²) in [7, 11) is 1.63. The molecule has 23 heavy (non-hydrogen) atoms. The van der Waals surface area contributed by atoms with Crippen LogP contribution in [0.2, 0.25) is 0 Å². The maximum atomic E-state index is 12.2. The van der Waals surface area contributed by atoms with Crippen LogP contribution in [0.3, 0.4) is 0 Å². The van der Waals surface area contributed by atoms with E-state index in [-0.39, 0.29) is 5.56 Å². The van der Waals surface area contributed by atoms with E-state index in [0.717, 1.165) is 11.1 Å². The summed E-state index contributed by atoms with van der Waals surface area (Å²) in [5, 5.41) is 9.16. The molecular weight excluding hydrogens is 292 g/mol. The first kappa shape index (κ1) is 15.5. The fraction of sp³-hybridized carbons (Fsp3) is 0.333. The molecule has 1 aromatic heterocycles. The Morgan fingerprint density at radius 2 is 2.26 bits per heavy atom. The molecular formula is C18H18N2O3. The lowest BCUT2D eigenvalue weighted by molar-refractivity contribution is -0.138. The van der Waals surface area contributed by atoms with E-state index in [9.17, 15) is 4.79 Å². The van der Waals surface area contributed by atoms with E-state index in [1.807, 2.05) is 13.0 Å². The second-order valence-corrected chi connectivity index (χ2v) is 6.00. The summed E-state index contributed by atoms with van der Waals surface area (Å²) in [6.07, 6.45) is 1.80. The summed E-state index contributed by atoms with van der Waals surface area (Å²) >= 11 is 0. The van der Waals surface area contributed by atoms with Crippen molar-refractivity contribution in [2.45, 2.75) is 25.2 Å². The van der Waals surface area contributed by atoms with Crippen LogP contribution in [-0.4, -0.2) is 23.9 Å². The number of rotatable bonds is 3. The third kappa shape index (κ3) is 2.91. The second kappa shape index (κ2) is 5.99. The van der Waals surface area contributed by atoms with Crippen molar-refractivity contribution in [1.29, 1.82) is 5.26 Å². The molecule has 0 spiro atoms. The van der Waals surface area contributed by atoms with E-state index in [0.29, 0.717) is 18.6 Å². The molecule has 1 aliphatic heterocycles. The molecule has 0 saturated heterocycles. The highest BCUT2D eigenvalue weighted by Crippen LogP contribution is 2.36. The predicted octanol–water partition coefficient (Wildman–Crippen LogP) is 2.24. The van der Waals surface area contributed by atoms with Crippen LogP contribution < -0.4 is 5.56 Å². The van der Waals surface area contributed by atoms with Crippen LogP contribution >= 0.6 is 0 Å². The van der Waals surface area contributed by atoms with Crippen molar-refractivity contribution in [2.75, 3.05) is 13.7 Å². The SMILES string of the molecule is COCC1(C)Cc2ccc(C#N)cc2C(n2ccccc2=O)O1. The maximum absolute atomic E-state index is 12.2. The molecule has 2 unspecified atom stereocenters. The molecule has 0 fully saturated rings. The lowest BCUT2D eigenvalue weighted by Gasteiger charge is -2.40. The third-order valence-electron chi connectivity index (χ3n) is 4.05.